The number of hydrogen-bond donors (Lipinski definition) is 0. The molecule has 0 aromatic carbocycles. The van der Waals surface area contributed by atoms with Gasteiger partial charge in [-0.3, -0.25) is 0 Å². The van der Waals surface area contributed by atoms with Crippen molar-refractivity contribution in [1.82, 2.24) is 9.97 Å². The van der Waals surface area contributed by atoms with Crippen LogP contribution in [-0.4, -0.2) is 27.9 Å². The van der Waals surface area contributed by atoms with Gasteiger partial charge in [-0.15, -0.1) is 0 Å². The number of alkyl halides is 1. The molecule has 1 saturated carbocycles. The number of anilines is 1. The Morgan fingerprint density at radius 3 is 2.57 bits per heavy atom. The van der Waals surface area contributed by atoms with Crippen LogP contribution in [0, 0.1) is 3.57 Å². The minimum atomic E-state index is 0.674. The predicted octanol–water partition coefficient (Wildman–Crippen LogP) is 2.44. The molecule has 0 saturated heterocycles. The third-order valence-electron chi connectivity index (χ3n) is 2.18. The fourth-order valence-corrected chi connectivity index (χ4v) is 2.04. The number of halogens is 2. The summed E-state index contributed by atoms with van der Waals surface area (Å²) in [6, 6.07) is 0.674. The molecule has 0 N–H and O–H groups in total. The lowest BCUT2D eigenvalue weighted by Crippen LogP contribution is -2.29. The number of rotatable bonds is 4. The second-order valence-electron chi connectivity index (χ2n) is 3.31. The average molecular weight is 368 g/mol. The third-order valence-corrected chi connectivity index (χ3v) is 3.09. The van der Waals surface area contributed by atoms with Gasteiger partial charge in [0.25, 0.3) is 0 Å². The summed E-state index contributed by atoms with van der Waals surface area (Å²) >= 11 is 5.68. The monoisotopic (exact) mass is 367 g/mol. The van der Waals surface area contributed by atoms with E-state index in [2.05, 4.69) is 53.4 Å². The normalized spacial score (nSPS) is 15.6. The Balaban J connectivity index is 2.13. The van der Waals surface area contributed by atoms with Gasteiger partial charge >= 0.3 is 0 Å². The van der Waals surface area contributed by atoms with Crippen molar-refractivity contribution in [3.8, 4) is 0 Å². The summed E-state index contributed by atoms with van der Waals surface area (Å²) in [5.74, 6) is 0.868. The maximum absolute atomic E-state index is 4.34. The zero-order valence-electron chi connectivity index (χ0n) is 7.66. The second kappa shape index (κ2) is 4.74. The van der Waals surface area contributed by atoms with Crippen molar-refractivity contribution in [1.29, 1.82) is 0 Å². The number of hydrogen-bond acceptors (Lipinski definition) is 3. The highest BCUT2D eigenvalue weighted by Crippen LogP contribution is 2.29. The minimum absolute atomic E-state index is 0.674. The fraction of sp³-hybridized carbons (Fsp3) is 0.556. The molecule has 5 heteroatoms. The van der Waals surface area contributed by atoms with Gasteiger partial charge in [0, 0.05) is 33.9 Å². The van der Waals surface area contributed by atoms with E-state index in [1.54, 1.807) is 0 Å². The summed E-state index contributed by atoms with van der Waals surface area (Å²) in [6.07, 6.45) is 6.30. The summed E-state index contributed by atoms with van der Waals surface area (Å²) in [5.41, 5.74) is 0. The first-order valence-corrected chi connectivity index (χ1v) is 6.81. The molecular weight excluding hydrogens is 357 g/mol. The Bertz CT molecular complexity index is 299. The molecule has 1 aliphatic carbocycles. The van der Waals surface area contributed by atoms with Crippen LogP contribution in [0.2, 0.25) is 0 Å². The first-order valence-electron chi connectivity index (χ1n) is 4.61. The molecule has 0 unspecified atom stereocenters. The van der Waals surface area contributed by atoms with Crippen LogP contribution in [0.4, 0.5) is 5.95 Å². The molecule has 1 aromatic rings. The van der Waals surface area contributed by atoms with Gasteiger partial charge < -0.3 is 4.90 Å². The van der Waals surface area contributed by atoms with E-state index in [0.717, 1.165) is 21.4 Å². The molecule has 0 aliphatic heterocycles. The number of nitrogens with zero attached hydrogens (tertiary/aromatic N) is 3. The molecule has 0 radical (unpaired) electrons. The summed E-state index contributed by atoms with van der Waals surface area (Å²) in [5, 5.41) is 0.971. The molecule has 14 heavy (non-hydrogen) atoms. The van der Waals surface area contributed by atoms with Crippen molar-refractivity contribution in [2.45, 2.75) is 18.9 Å². The molecule has 2 rings (SSSR count). The summed E-state index contributed by atoms with van der Waals surface area (Å²) in [4.78, 5) is 11.0. The van der Waals surface area contributed by atoms with E-state index in [1.165, 1.54) is 12.8 Å². The molecule has 1 aromatic heterocycles. The largest absolute Gasteiger partial charge is 0.337 e. The molecule has 0 amide bonds. The van der Waals surface area contributed by atoms with E-state index < -0.39 is 0 Å². The van der Waals surface area contributed by atoms with Crippen LogP contribution in [0.1, 0.15) is 12.8 Å². The van der Waals surface area contributed by atoms with Gasteiger partial charge in [-0.25, -0.2) is 9.97 Å². The molecule has 1 heterocycles. The van der Waals surface area contributed by atoms with E-state index in [-0.39, 0.29) is 0 Å². The first kappa shape index (κ1) is 10.6. The van der Waals surface area contributed by atoms with Gasteiger partial charge in [-0.1, -0.05) is 15.9 Å². The van der Waals surface area contributed by atoms with E-state index in [1.807, 2.05) is 12.4 Å². The molecule has 0 spiro atoms. The van der Waals surface area contributed by atoms with E-state index in [4.69, 9.17) is 0 Å². The molecule has 0 bridgehead atoms. The van der Waals surface area contributed by atoms with Crippen molar-refractivity contribution >= 4 is 44.5 Å². The zero-order chi connectivity index (χ0) is 9.97. The molecule has 76 valence electrons. The van der Waals surface area contributed by atoms with Gasteiger partial charge in [0.1, 0.15) is 0 Å². The Hall–Kier alpha value is 0.0900. The van der Waals surface area contributed by atoms with E-state index >= 15 is 0 Å². The molecule has 1 fully saturated rings. The fourth-order valence-electron chi connectivity index (χ4n) is 1.38. The van der Waals surface area contributed by atoms with Crippen LogP contribution in [0.5, 0.6) is 0 Å². The Morgan fingerprint density at radius 2 is 2.07 bits per heavy atom. The SMILES string of the molecule is BrCCN(c1ncc(I)cn1)C1CC1. The lowest BCUT2D eigenvalue weighted by molar-refractivity contribution is 0.792. The Labute approximate surface area is 106 Å². The Morgan fingerprint density at radius 1 is 1.43 bits per heavy atom. The van der Waals surface area contributed by atoms with Crippen LogP contribution < -0.4 is 4.90 Å². The van der Waals surface area contributed by atoms with Gasteiger partial charge in [0.2, 0.25) is 5.95 Å². The first-order chi connectivity index (χ1) is 6.81. The quantitative estimate of drug-likeness (QED) is 0.604. The maximum Gasteiger partial charge on any atom is 0.225 e. The highest BCUT2D eigenvalue weighted by Gasteiger charge is 2.30. The van der Waals surface area contributed by atoms with Gasteiger partial charge in [-0.05, 0) is 35.4 Å². The highest BCUT2D eigenvalue weighted by atomic mass is 127. The van der Waals surface area contributed by atoms with Crippen molar-refractivity contribution in [3.63, 3.8) is 0 Å². The molecule has 0 atom stereocenters. The van der Waals surface area contributed by atoms with E-state index in [0.29, 0.717) is 6.04 Å². The predicted molar refractivity (Wildman–Crippen MR) is 68.9 cm³/mol. The molecule has 3 nitrogen and oxygen atoms in total. The summed E-state index contributed by atoms with van der Waals surface area (Å²) in [6.45, 7) is 0.991. The average Bonchev–Trinajstić information content (AvgIpc) is 2.99. The standard InChI is InChI=1S/C9H11BrIN3/c10-3-4-14(8-1-2-8)9-12-5-7(11)6-13-9/h5-6,8H,1-4H2. The number of aromatic nitrogens is 2. The smallest absolute Gasteiger partial charge is 0.225 e. The van der Waals surface area contributed by atoms with Crippen LogP contribution in [0.3, 0.4) is 0 Å². The zero-order valence-corrected chi connectivity index (χ0v) is 11.4. The van der Waals surface area contributed by atoms with Crippen LogP contribution in [0.25, 0.3) is 0 Å². The minimum Gasteiger partial charge on any atom is -0.337 e. The lowest BCUT2D eigenvalue weighted by atomic mass is 10.5. The third kappa shape index (κ3) is 2.56. The second-order valence-corrected chi connectivity index (χ2v) is 5.35. The molecule has 1 aliphatic rings. The van der Waals surface area contributed by atoms with Crippen LogP contribution in [0.15, 0.2) is 12.4 Å². The van der Waals surface area contributed by atoms with Crippen molar-refractivity contribution < 1.29 is 0 Å². The lowest BCUT2D eigenvalue weighted by Gasteiger charge is -2.20. The van der Waals surface area contributed by atoms with Gasteiger partial charge in [0.05, 0.1) is 0 Å². The van der Waals surface area contributed by atoms with Crippen molar-refractivity contribution in [2.75, 3.05) is 16.8 Å². The topological polar surface area (TPSA) is 29.0 Å². The van der Waals surface area contributed by atoms with Crippen molar-refractivity contribution in [2.24, 2.45) is 0 Å². The summed E-state index contributed by atoms with van der Waals surface area (Å²) < 4.78 is 1.08. The highest BCUT2D eigenvalue weighted by molar-refractivity contribution is 14.1. The van der Waals surface area contributed by atoms with Gasteiger partial charge in [0.15, 0.2) is 0 Å². The molecular formula is C9H11BrIN3. The maximum atomic E-state index is 4.34. The van der Waals surface area contributed by atoms with Crippen molar-refractivity contribution in [3.05, 3.63) is 16.0 Å². The van der Waals surface area contributed by atoms with Crippen LogP contribution in [-0.2, 0) is 0 Å². The Kier molecular flexibility index (Phi) is 3.59. The van der Waals surface area contributed by atoms with Crippen LogP contribution >= 0.6 is 38.5 Å². The van der Waals surface area contributed by atoms with E-state index in [9.17, 15) is 0 Å². The van der Waals surface area contributed by atoms with Gasteiger partial charge in [-0.2, -0.15) is 0 Å². The summed E-state index contributed by atoms with van der Waals surface area (Å²) in [7, 11) is 0.